The number of likely N-dealkylation sites (tertiary alicyclic amines) is 1. The number of nitrogens with one attached hydrogen (secondary N) is 3. The molecule has 64 heavy (non-hydrogen) atoms. The van der Waals surface area contributed by atoms with Gasteiger partial charge in [-0.05, 0) is 94.7 Å². The Hall–Kier alpha value is -4.90. The van der Waals surface area contributed by atoms with Crippen LogP contribution in [-0.4, -0.2) is 124 Å². The van der Waals surface area contributed by atoms with Crippen molar-refractivity contribution in [2.75, 3.05) is 46.9 Å². The number of nitrogens with zero attached hydrogens (tertiary/aromatic N) is 6. The van der Waals surface area contributed by atoms with E-state index in [-0.39, 0.29) is 42.5 Å². The number of hydrazine groups is 1. The second-order valence-corrected chi connectivity index (χ2v) is 20.2. The van der Waals surface area contributed by atoms with Crippen LogP contribution < -0.4 is 16.1 Å². The Kier molecular flexibility index (Phi) is 13.2. The minimum absolute atomic E-state index is 0.116. The number of likely N-dealkylation sites (N-methyl/N-ethyl adjacent to an activating group) is 1. The SMILES string of the molecule is CCn1c(-c2cccnc2[C@H](C)OC)c2c3cc(ccc31)-c1csc(n1)C[C@H](NC(=O)[C@H](C(C)C)N(C)C(=O)N1CC[C@]13CCCNC3)C(=O)N1CCC[C@H](N1)C(=O)OCC(C)(C)C2. The van der Waals surface area contributed by atoms with E-state index in [1.54, 1.807) is 25.3 Å². The van der Waals surface area contributed by atoms with Gasteiger partial charge in [0, 0.05) is 85.8 Å². The van der Waals surface area contributed by atoms with E-state index < -0.39 is 35.4 Å². The molecule has 0 radical (unpaired) electrons. The molecule has 0 aliphatic carbocycles. The molecule has 1 spiro atoms. The summed E-state index contributed by atoms with van der Waals surface area (Å²) in [5.74, 6) is -1.48. The van der Waals surface area contributed by atoms with E-state index >= 15 is 0 Å². The number of methoxy groups -OCH3 is 1. The lowest BCUT2D eigenvalue weighted by Gasteiger charge is -2.56. The van der Waals surface area contributed by atoms with Gasteiger partial charge < -0.3 is 34.5 Å². The summed E-state index contributed by atoms with van der Waals surface area (Å²) >= 11 is 1.44. The summed E-state index contributed by atoms with van der Waals surface area (Å²) in [5.41, 5.74) is 9.20. The third-order valence-electron chi connectivity index (χ3n) is 13.8. The molecule has 15 nitrogen and oxygen atoms in total. The number of benzene rings is 1. The number of fused-ring (bicyclic) bond motifs is 6. The molecule has 4 aromatic rings. The fourth-order valence-corrected chi connectivity index (χ4v) is 11.1. The number of hydrogen-bond donors (Lipinski definition) is 3. The van der Waals surface area contributed by atoms with E-state index in [4.69, 9.17) is 19.4 Å². The first kappa shape index (κ1) is 45.7. The standard InChI is InChI=1S/C48H65N9O6S/c1-9-55-38-16-15-31-23-33(38)34(42(55)32-13-10-20-50-40(32)30(4)62-8)25-47(5,6)28-63-45(60)35-14-11-21-57(53-35)44(59)36(24-39-51-37(31)26-64-39)52-43(58)41(29(2)3)54(7)46(61)56-22-18-48(56)17-12-19-49-27-48/h10,13,15-16,20,23,26,29-30,35-36,41,49,53H,9,11-12,14,17-19,21-22,24-25,27-28H2,1-8H3,(H,52,58)/t30-,35-,36-,41-,48-/m0/s1. The van der Waals surface area contributed by atoms with Crippen molar-refractivity contribution in [2.24, 2.45) is 11.3 Å². The van der Waals surface area contributed by atoms with E-state index in [2.05, 4.69) is 65.7 Å². The van der Waals surface area contributed by atoms with E-state index in [0.717, 1.165) is 77.0 Å². The molecule has 3 N–H and O–H groups in total. The fraction of sp³-hybridized carbons (Fsp3) is 0.583. The molecule has 16 heteroatoms. The summed E-state index contributed by atoms with van der Waals surface area (Å²) in [6.07, 6.45) is 6.18. The van der Waals surface area contributed by atoms with Gasteiger partial charge in [0.1, 0.15) is 18.1 Å². The molecule has 6 bridgehead atoms. The van der Waals surface area contributed by atoms with Gasteiger partial charge in [0.15, 0.2) is 0 Å². The average molecular weight is 896 g/mol. The molecule has 1 aromatic carbocycles. The molecule has 0 unspecified atom stereocenters. The van der Waals surface area contributed by atoms with Gasteiger partial charge in [-0.25, -0.2) is 15.2 Å². The average Bonchev–Trinajstić information content (AvgIpc) is 3.88. The quantitative estimate of drug-likeness (QED) is 0.176. The van der Waals surface area contributed by atoms with E-state index in [1.807, 2.05) is 37.1 Å². The zero-order chi connectivity index (χ0) is 45.5. The molecule has 344 valence electrons. The van der Waals surface area contributed by atoms with Crippen LogP contribution >= 0.6 is 11.3 Å². The molecule has 7 heterocycles. The predicted molar refractivity (Wildman–Crippen MR) is 247 cm³/mol. The van der Waals surface area contributed by atoms with Crippen molar-refractivity contribution in [2.45, 2.75) is 123 Å². The lowest BCUT2D eigenvalue weighted by Crippen LogP contribution is -2.71. The molecule has 3 saturated heterocycles. The molecule has 3 aromatic heterocycles. The summed E-state index contributed by atoms with van der Waals surface area (Å²) in [5, 5.41) is 11.7. The van der Waals surface area contributed by atoms with Gasteiger partial charge in [0.2, 0.25) is 5.91 Å². The molecule has 4 amide bonds. The second-order valence-electron chi connectivity index (χ2n) is 19.3. The van der Waals surface area contributed by atoms with E-state index in [9.17, 15) is 19.2 Å². The van der Waals surface area contributed by atoms with Gasteiger partial charge in [-0.2, -0.15) is 0 Å². The van der Waals surface area contributed by atoms with Crippen molar-refractivity contribution < 1.29 is 28.7 Å². The Balaban J connectivity index is 1.16. The van der Waals surface area contributed by atoms with Crippen LogP contribution in [0.4, 0.5) is 4.79 Å². The summed E-state index contributed by atoms with van der Waals surface area (Å²) < 4.78 is 14.3. The largest absolute Gasteiger partial charge is 0.464 e. The number of aromatic nitrogens is 3. The highest BCUT2D eigenvalue weighted by molar-refractivity contribution is 7.10. The van der Waals surface area contributed by atoms with E-state index in [0.29, 0.717) is 43.9 Å². The normalized spacial score (nSPS) is 23.6. The Bertz CT molecular complexity index is 2390. The number of urea groups is 1. The Morgan fingerprint density at radius 3 is 2.64 bits per heavy atom. The molecule has 4 aliphatic rings. The molecule has 8 rings (SSSR count). The summed E-state index contributed by atoms with van der Waals surface area (Å²) in [6.45, 7) is 15.7. The number of aryl methyl sites for hydroxylation is 1. The van der Waals surface area contributed by atoms with Crippen molar-refractivity contribution in [3.8, 4) is 22.5 Å². The van der Waals surface area contributed by atoms with Gasteiger partial charge >= 0.3 is 12.0 Å². The summed E-state index contributed by atoms with van der Waals surface area (Å²) in [4.78, 5) is 70.5. The number of piperidine rings is 1. The molecule has 3 fully saturated rings. The highest BCUT2D eigenvalue weighted by Crippen LogP contribution is 2.42. The van der Waals surface area contributed by atoms with Crippen LogP contribution in [0.15, 0.2) is 41.9 Å². The van der Waals surface area contributed by atoms with Crippen LogP contribution in [-0.2, 0) is 43.2 Å². The Morgan fingerprint density at radius 2 is 1.94 bits per heavy atom. The Labute approximate surface area is 380 Å². The number of rotatable bonds is 8. The zero-order valence-electron chi connectivity index (χ0n) is 38.7. The molecule has 0 saturated carbocycles. The number of ether oxygens (including phenoxy) is 2. The number of carbonyl (C=O) groups excluding carboxylic acids is 4. The number of esters is 1. The Morgan fingerprint density at radius 1 is 1.12 bits per heavy atom. The van der Waals surface area contributed by atoms with Crippen molar-refractivity contribution in [1.82, 2.24) is 45.4 Å². The molecule has 4 aliphatic heterocycles. The third-order valence-corrected chi connectivity index (χ3v) is 14.7. The highest BCUT2D eigenvalue weighted by Gasteiger charge is 2.50. The monoisotopic (exact) mass is 895 g/mol. The lowest BCUT2D eigenvalue weighted by molar-refractivity contribution is -0.155. The first-order valence-corrected chi connectivity index (χ1v) is 23.9. The number of hydrogen-bond acceptors (Lipinski definition) is 11. The van der Waals surface area contributed by atoms with Gasteiger partial charge in [0.25, 0.3) is 5.91 Å². The van der Waals surface area contributed by atoms with Crippen molar-refractivity contribution in [3.05, 3.63) is 58.2 Å². The van der Waals surface area contributed by atoms with Crippen LogP contribution in [0.5, 0.6) is 0 Å². The minimum atomic E-state index is -1.03. The van der Waals surface area contributed by atoms with Crippen molar-refractivity contribution in [1.29, 1.82) is 0 Å². The molecule has 5 atom stereocenters. The topological polar surface area (TPSA) is 163 Å². The number of carbonyl (C=O) groups is 4. The van der Waals surface area contributed by atoms with Crippen LogP contribution in [0.1, 0.15) is 96.0 Å². The number of amides is 4. The highest BCUT2D eigenvalue weighted by atomic mass is 32.1. The predicted octanol–water partition coefficient (Wildman–Crippen LogP) is 6.11. The second kappa shape index (κ2) is 18.5. The van der Waals surface area contributed by atoms with Crippen molar-refractivity contribution in [3.63, 3.8) is 0 Å². The lowest BCUT2D eigenvalue weighted by atomic mass is 9.78. The van der Waals surface area contributed by atoms with Crippen molar-refractivity contribution >= 4 is 46.1 Å². The van der Waals surface area contributed by atoms with Gasteiger partial charge in [-0.15, -0.1) is 11.3 Å². The van der Waals surface area contributed by atoms with E-state index in [1.165, 1.54) is 16.3 Å². The number of pyridine rings is 1. The third kappa shape index (κ3) is 8.78. The first-order valence-electron chi connectivity index (χ1n) is 23.0. The first-order chi connectivity index (χ1) is 30.6. The van der Waals surface area contributed by atoms with Gasteiger partial charge in [-0.1, -0.05) is 33.8 Å². The van der Waals surface area contributed by atoms with Crippen LogP contribution in [0.2, 0.25) is 0 Å². The zero-order valence-corrected chi connectivity index (χ0v) is 39.5. The summed E-state index contributed by atoms with van der Waals surface area (Å²) in [6, 6.07) is 7.68. The summed E-state index contributed by atoms with van der Waals surface area (Å²) in [7, 11) is 3.38. The number of cyclic esters (lactones) is 1. The van der Waals surface area contributed by atoms with Crippen LogP contribution in [0.25, 0.3) is 33.4 Å². The smallest absolute Gasteiger partial charge is 0.324 e. The molecular formula is C48H65N9O6S. The molecular weight excluding hydrogens is 831 g/mol. The van der Waals surface area contributed by atoms with Gasteiger partial charge in [0.05, 0.1) is 40.3 Å². The minimum Gasteiger partial charge on any atom is -0.464 e. The maximum atomic E-state index is 14.6. The van der Waals surface area contributed by atoms with Crippen LogP contribution in [0, 0.1) is 11.3 Å². The maximum Gasteiger partial charge on any atom is 0.324 e. The maximum absolute atomic E-state index is 14.6. The number of thiazole rings is 1. The fourth-order valence-electron chi connectivity index (χ4n) is 10.3. The van der Waals surface area contributed by atoms with Gasteiger partial charge in [-0.3, -0.25) is 24.4 Å². The van der Waals surface area contributed by atoms with Crippen LogP contribution in [0.3, 0.4) is 0 Å².